The summed E-state index contributed by atoms with van der Waals surface area (Å²) in [5.41, 5.74) is 2.76. The number of hydrogen-bond acceptors (Lipinski definition) is 3. The van der Waals surface area contributed by atoms with E-state index in [9.17, 15) is 0 Å². The molecule has 0 radical (unpaired) electrons. The van der Waals surface area contributed by atoms with Gasteiger partial charge >= 0.3 is 0 Å². The molecule has 0 aliphatic carbocycles. The summed E-state index contributed by atoms with van der Waals surface area (Å²) in [7, 11) is 3.75. The Kier molecular flexibility index (Phi) is 5.21. The molecular weight excluding hydrogens is 266 g/mol. The summed E-state index contributed by atoms with van der Waals surface area (Å²) in [6.07, 6.45) is 2.19. The Morgan fingerprint density at radius 1 is 1.20 bits per heavy atom. The van der Waals surface area contributed by atoms with Gasteiger partial charge in [0.05, 0.1) is 7.11 Å². The molecule has 3 heteroatoms. The first-order chi connectivity index (χ1) is 9.63. The summed E-state index contributed by atoms with van der Waals surface area (Å²) in [5, 5.41) is 3.45. The largest absolute Gasteiger partial charge is 0.497 e. The molecule has 0 bridgehead atoms. The highest BCUT2D eigenvalue weighted by Crippen LogP contribution is 2.30. The first-order valence-corrected chi connectivity index (χ1v) is 7.82. The van der Waals surface area contributed by atoms with Crippen molar-refractivity contribution in [3.05, 3.63) is 51.2 Å². The van der Waals surface area contributed by atoms with Crippen molar-refractivity contribution in [2.24, 2.45) is 0 Å². The Bertz CT molecular complexity index is 545. The number of ether oxygens (including phenoxy) is 1. The van der Waals surface area contributed by atoms with E-state index < -0.39 is 0 Å². The maximum absolute atomic E-state index is 5.19. The van der Waals surface area contributed by atoms with E-state index in [2.05, 4.69) is 37.4 Å². The molecule has 2 aromatic rings. The van der Waals surface area contributed by atoms with Gasteiger partial charge in [-0.05, 0) is 63.1 Å². The molecule has 1 aromatic carbocycles. The molecule has 108 valence electrons. The molecular formula is C17H23NOS. The predicted octanol–water partition coefficient (Wildman–Crippen LogP) is 4.27. The first-order valence-electron chi connectivity index (χ1n) is 7.01. The van der Waals surface area contributed by atoms with Crippen LogP contribution < -0.4 is 10.1 Å². The van der Waals surface area contributed by atoms with Crippen LogP contribution in [0.25, 0.3) is 0 Å². The van der Waals surface area contributed by atoms with Gasteiger partial charge in [0.1, 0.15) is 5.75 Å². The van der Waals surface area contributed by atoms with Crippen molar-refractivity contribution in [2.45, 2.75) is 32.7 Å². The van der Waals surface area contributed by atoms with E-state index in [1.165, 1.54) is 20.9 Å². The summed E-state index contributed by atoms with van der Waals surface area (Å²) < 4.78 is 5.19. The van der Waals surface area contributed by atoms with E-state index in [-0.39, 0.29) is 0 Å². The maximum atomic E-state index is 5.19. The number of benzene rings is 1. The molecule has 0 aliphatic rings. The number of nitrogens with one attached hydrogen (secondary N) is 1. The van der Waals surface area contributed by atoms with Crippen molar-refractivity contribution < 1.29 is 4.74 Å². The van der Waals surface area contributed by atoms with E-state index in [1.54, 1.807) is 7.11 Å². The predicted molar refractivity (Wildman–Crippen MR) is 86.9 cm³/mol. The van der Waals surface area contributed by atoms with Crippen LogP contribution in [0.3, 0.4) is 0 Å². The average molecular weight is 289 g/mol. The molecule has 0 saturated heterocycles. The third-order valence-corrected chi connectivity index (χ3v) is 4.89. The van der Waals surface area contributed by atoms with Crippen LogP contribution in [0.2, 0.25) is 0 Å². The Morgan fingerprint density at radius 2 is 1.90 bits per heavy atom. The Morgan fingerprint density at radius 3 is 2.40 bits per heavy atom. The van der Waals surface area contributed by atoms with Crippen molar-refractivity contribution in [3.63, 3.8) is 0 Å². The highest BCUT2D eigenvalue weighted by atomic mass is 32.1. The highest BCUT2D eigenvalue weighted by Gasteiger charge is 2.14. The molecule has 0 fully saturated rings. The summed E-state index contributed by atoms with van der Waals surface area (Å²) in [6.45, 7) is 4.38. The molecule has 2 rings (SSSR count). The maximum Gasteiger partial charge on any atom is 0.118 e. The van der Waals surface area contributed by atoms with Gasteiger partial charge < -0.3 is 10.1 Å². The molecule has 1 N–H and O–H groups in total. The van der Waals surface area contributed by atoms with Crippen molar-refractivity contribution in [1.29, 1.82) is 0 Å². The standard InChI is InChI=1S/C17H23NOS/c1-12-11-13(2)20-17(12)16(18-3)10-7-14-5-8-15(19-4)9-6-14/h5-6,8-9,11,16,18H,7,10H2,1-4H3. The van der Waals surface area contributed by atoms with E-state index in [1.807, 2.05) is 30.5 Å². The fraction of sp³-hybridized carbons (Fsp3) is 0.412. The number of thiophene rings is 1. The van der Waals surface area contributed by atoms with Crippen molar-refractivity contribution >= 4 is 11.3 Å². The van der Waals surface area contributed by atoms with Crippen LogP contribution in [-0.2, 0) is 6.42 Å². The van der Waals surface area contributed by atoms with Gasteiger partial charge in [-0.2, -0.15) is 0 Å². The minimum absolute atomic E-state index is 0.441. The molecule has 2 nitrogen and oxygen atoms in total. The minimum Gasteiger partial charge on any atom is -0.497 e. The van der Waals surface area contributed by atoms with Crippen molar-refractivity contribution in [3.8, 4) is 5.75 Å². The van der Waals surface area contributed by atoms with Gasteiger partial charge in [-0.25, -0.2) is 0 Å². The quantitative estimate of drug-likeness (QED) is 0.857. The second kappa shape index (κ2) is 6.91. The van der Waals surface area contributed by atoms with Crippen LogP contribution in [-0.4, -0.2) is 14.2 Å². The second-order valence-electron chi connectivity index (χ2n) is 5.13. The molecule has 0 aliphatic heterocycles. The molecule has 1 aromatic heterocycles. The Labute approximate surface area is 125 Å². The molecule has 1 heterocycles. The molecule has 1 unspecified atom stereocenters. The Hall–Kier alpha value is -1.32. The molecule has 0 amide bonds. The number of hydrogen-bond donors (Lipinski definition) is 1. The second-order valence-corrected chi connectivity index (χ2v) is 6.42. The number of methoxy groups -OCH3 is 1. The lowest BCUT2D eigenvalue weighted by molar-refractivity contribution is 0.414. The zero-order chi connectivity index (χ0) is 14.5. The lowest BCUT2D eigenvalue weighted by Gasteiger charge is -2.16. The van der Waals surface area contributed by atoms with Gasteiger partial charge in [0, 0.05) is 15.8 Å². The zero-order valence-electron chi connectivity index (χ0n) is 12.7. The van der Waals surface area contributed by atoms with E-state index in [4.69, 9.17) is 4.74 Å². The van der Waals surface area contributed by atoms with Crippen molar-refractivity contribution in [1.82, 2.24) is 5.32 Å². The Balaban J connectivity index is 2.01. The number of rotatable bonds is 6. The highest BCUT2D eigenvalue weighted by molar-refractivity contribution is 7.12. The van der Waals surface area contributed by atoms with E-state index >= 15 is 0 Å². The summed E-state index contributed by atoms with van der Waals surface area (Å²) in [5.74, 6) is 0.920. The van der Waals surface area contributed by atoms with Gasteiger partial charge in [0.25, 0.3) is 0 Å². The summed E-state index contributed by atoms with van der Waals surface area (Å²) in [4.78, 5) is 2.86. The summed E-state index contributed by atoms with van der Waals surface area (Å²) >= 11 is 1.91. The zero-order valence-corrected chi connectivity index (χ0v) is 13.5. The third kappa shape index (κ3) is 3.62. The van der Waals surface area contributed by atoms with Gasteiger partial charge in [0.2, 0.25) is 0 Å². The van der Waals surface area contributed by atoms with Crippen LogP contribution in [0.15, 0.2) is 30.3 Å². The van der Waals surface area contributed by atoms with Crippen LogP contribution >= 0.6 is 11.3 Å². The molecule has 1 atom stereocenters. The van der Waals surface area contributed by atoms with Crippen LogP contribution in [0.4, 0.5) is 0 Å². The minimum atomic E-state index is 0.441. The fourth-order valence-electron chi connectivity index (χ4n) is 2.52. The number of aryl methyl sites for hydroxylation is 3. The van der Waals surface area contributed by atoms with Gasteiger partial charge in [0.15, 0.2) is 0 Å². The third-order valence-electron chi connectivity index (χ3n) is 3.63. The fourth-order valence-corrected chi connectivity index (χ4v) is 3.70. The molecule has 0 saturated carbocycles. The molecule has 20 heavy (non-hydrogen) atoms. The SMILES string of the molecule is CNC(CCc1ccc(OC)cc1)c1sc(C)cc1C. The van der Waals surface area contributed by atoms with Gasteiger partial charge in [-0.15, -0.1) is 11.3 Å². The average Bonchev–Trinajstić information content (AvgIpc) is 2.79. The molecule has 0 spiro atoms. The van der Waals surface area contributed by atoms with Crippen LogP contribution in [0, 0.1) is 13.8 Å². The van der Waals surface area contributed by atoms with Crippen LogP contribution in [0.5, 0.6) is 5.75 Å². The normalized spacial score (nSPS) is 12.4. The summed E-state index contributed by atoms with van der Waals surface area (Å²) in [6, 6.07) is 11.1. The van der Waals surface area contributed by atoms with Gasteiger partial charge in [-0.1, -0.05) is 12.1 Å². The van der Waals surface area contributed by atoms with Crippen LogP contribution in [0.1, 0.15) is 33.3 Å². The van der Waals surface area contributed by atoms with Gasteiger partial charge in [-0.3, -0.25) is 0 Å². The lowest BCUT2D eigenvalue weighted by atomic mass is 10.0. The van der Waals surface area contributed by atoms with E-state index in [0.29, 0.717) is 6.04 Å². The van der Waals surface area contributed by atoms with Crippen molar-refractivity contribution in [2.75, 3.05) is 14.2 Å². The topological polar surface area (TPSA) is 21.3 Å². The smallest absolute Gasteiger partial charge is 0.118 e. The monoisotopic (exact) mass is 289 g/mol. The lowest BCUT2D eigenvalue weighted by Crippen LogP contribution is -2.16. The first kappa shape index (κ1) is 15.1. The van der Waals surface area contributed by atoms with E-state index in [0.717, 1.165) is 18.6 Å².